The molecule has 1 heterocycles. The van der Waals surface area contributed by atoms with Crippen LogP contribution in [-0.2, 0) is 0 Å². The summed E-state index contributed by atoms with van der Waals surface area (Å²) in [6, 6.07) is 5.13. The number of aromatic nitrogens is 1. The third-order valence-corrected chi connectivity index (χ3v) is 1.43. The van der Waals surface area contributed by atoms with Gasteiger partial charge >= 0.3 is 0 Å². The highest BCUT2D eigenvalue weighted by atomic mass is 14.9. The Balaban J connectivity index is 2.86. The first-order chi connectivity index (χ1) is 5.24. The highest BCUT2D eigenvalue weighted by molar-refractivity contribution is 5.29. The van der Waals surface area contributed by atoms with Crippen molar-refractivity contribution in [2.24, 2.45) is 11.5 Å². The fraction of sp³-hybridized carbons (Fsp3) is 0.286. The number of anilines is 1. The summed E-state index contributed by atoms with van der Waals surface area (Å²) in [7, 11) is 0. The molecule has 0 aliphatic carbocycles. The Morgan fingerprint density at radius 2 is 2.18 bits per heavy atom. The zero-order chi connectivity index (χ0) is 8.27. The molecular formula is C7H12N4. The second kappa shape index (κ2) is 3.32. The maximum Gasteiger partial charge on any atom is 0.123 e. The van der Waals surface area contributed by atoms with E-state index in [2.05, 4.69) is 4.98 Å². The second-order valence-corrected chi connectivity index (χ2v) is 2.33. The normalized spacial score (nSPS) is 12.9. The van der Waals surface area contributed by atoms with Crippen molar-refractivity contribution in [2.45, 2.75) is 6.04 Å². The molecule has 0 radical (unpaired) electrons. The number of hydrogen-bond acceptors (Lipinski definition) is 4. The molecule has 11 heavy (non-hydrogen) atoms. The van der Waals surface area contributed by atoms with Gasteiger partial charge in [0, 0.05) is 6.54 Å². The van der Waals surface area contributed by atoms with Gasteiger partial charge in [-0.25, -0.2) is 4.98 Å². The molecule has 4 heteroatoms. The van der Waals surface area contributed by atoms with Crippen molar-refractivity contribution in [2.75, 3.05) is 12.3 Å². The lowest BCUT2D eigenvalue weighted by atomic mass is 10.2. The van der Waals surface area contributed by atoms with Gasteiger partial charge in [0.05, 0.1) is 11.7 Å². The minimum absolute atomic E-state index is 0.210. The number of nitrogens with zero attached hydrogens (tertiary/aromatic N) is 1. The van der Waals surface area contributed by atoms with Crippen LogP contribution in [-0.4, -0.2) is 11.5 Å². The maximum absolute atomic E-state index is 5.62. The number of hydrogen-bond donors (Lipinski definition) is 3. The third kappa shape index (κ3) is 1.89. The van der Waals surface area contributed by atoms with Crippen molar-refractivity contribution >= 4 is 5.82 Å². The number of nitrogens with two attached hydrogens (primary N) is 3. The molecule has 0 aliphatic rings. The number of rotatable bonds is 2. The molecule has 0 bridgehead atoms. The first-order valence-electron chi connectivity index (χ1n) is 3.42. The minimum atomic E-state index is -0.210. The lowest BCUT2D eigenvalue weighted by Crippen LogP contribution is -2.21. The van der Waals surface area contributed by atoms with Crippen LogP contribution in [0.25, 0.3) is 0 Å². The Labute approximate surface area is 65.4 Å². The van der Waals surface area contributed by atoms with Crippen LogP contribution in [0.15, 0.2) is 18.2 Å². The van der Waals surface area contributed by atoms with Crippen LogP contribution < -0.4 is 17.2 Å². The smallest absolute Gasteiger partial charge is 0.123 e. The average molecular weight is 152 g/mol. The zero-order valence-corrected chi connectivity index (χ0v) is 6.20. The van der Waals surface area contributed by atoms with Gasteiger partial charge in [0.2, 0.25) is 0 Å². The van der Waals surface area contributed by atoms with Gasteiger partial charge in [-0.15, -0.1) is 0 Å². The quantitative estimate of drug-likeness (QED) is 0.539. The summed E-state index contributed by atoms with van der Waals surface area (Å²) in [5.41, 5.74) is 17.2. The minimum Gasteiger partial charge on any atom is -0.384 e. The van der Waals surface area contributed by atoms with Crippen molar-refractivity contribution < 1.29 is 0 Å². The fourth-order valence-electron chi connectivity index (χ4n) is 0.796. The molecule has 1 atom stereocenters. The standard InChI is InChI=1S/C7H12N4/c8-4-5(9)6-2-1-3-7(10)11-6/h1-3,5H,4,8-9H2,(H2,10,11)/t5-/m0/s1. The largest absolute Gasteiger partial charge is 0.384 e. The van der Waals surface area contributed by atoms with Gasteiger partial charge < -0.3 is 17.2 Å². The van der Waals surface area contributed by atoms with E-state index in [1.165, 1.54) is 0 Å². The molecule has 0 amide bonds. The van der Waals surface area contributed by atoms with Crippen molar-refractivity contribution in [1.82, 2.24) is 4.98 Å². The van der Waals surface area contributed by atoms with Crippen LogP contribution in [0.2, 0.25) is 0 Å². The highest BCUT2D eigenvalue weighted by Gasteiger charge is 2.03. The molecule has 1 aromatic rings. The van der Waals surface area contributed by atoms with Crippen LogP contribution in [0.1, 0.15) is 11.7 Å². The first kappa shape index (κ1) is 7.97. The molecule has 0 aliphatic heterocycles. The summed E-state index contributed by atoms with van der Waals surface area (Å²) in [5.74, 6) is 0.478. The van der Waals surface area contributed by atoms with Gasteiger partial charge in [-0.2, -0.15) is 0 Å². The van der Waals surface area contributed by atoms with Gasteiger partial charge in [-0.3, -0.25) is 0 Å². The zero-order valence-electron chi connectivity index (χ0n) is 6.20. The molecule has 1 aromatic heterocycles. The molecule has 0 saturated carbocycles. The molecule has 0 spiro atoms. The van der Waals surface area contributed by atoms with Crippen LogP contribution in [0.4, 0.5) is 5.82 Å². The topological polar surface area (TPSA) is 91.0 Å². The van der Waals surface area contributed by atoms with Gasteiger partial charge in [-0.1, -0.05) is 6.07 Å². The van der Waals surface area contributed by atoms with Gasteiger partial charge in [-0.05, 0) is 12.1 Å². The number of nitrogen functional groups attached to an aromatic ring is 1. The van der Waals surface area contributed by atoms with Gasteiger partial charge in [0.15, 0.2) is 0 Å². The molecule has 4 nitrogen and oxygen atoms in total. The Kier molecular flexibility index (Phi) is 2.40. The Bertz CT molecular complexity index is 236. The molecule has 0 saturated heterocycles. The Morgan fingerprint density at radius 3 is 2.73 bits per heavy atom. The van der Waals surface area contributed by atoms with Gasteiger partial charge in [0.1, 0.15) is 5.82 Å². The molecule has 1 rings (SSSR count). The van der Waals surface area contributed by atoms with Crippen molar-refractivity contribution in [3.63, 3.8) is 0 Å². The van der Waals surface area contributed by atoms with Crippen LogP contribution in [0.5, 0.6) is 0 Å². The van der Waals surface area contributed by atoms with E-state index in [0.717, 1.165) is 5.69 Å². The summed E-state index contributed by atoms with van der Waals surface area (Å²) in [5, 5.41) is 0. The molecule has 0 fully saturated rings. The van der Waals surface area contributed by atoms with Crippen molar-refractivity contribution in [1.29, 1.82) is 0 Å². The third-order valence-electron chi connectivity index (χ3n) is 1.43. The van der Waals surface area contributed by atoms with Gasteiger partial charge in [0.25, 0.3) is 0 Å². The van der Waals surface area contributed by atoms with Crippen molar-refractivity contribution in [3.05, 3.63) is 23.9 Å². The molecular weight excluding hydrogens is 140 g/mol. The van der Waals surface area contributed by atoms with Crippen LogP contribution >= 0.6 is 0 Å². The fourth-order valence-corrected chi connectivity index (χ4v) is 0.796. The predicted octanol–water partition coefficient (Wildman–Crippen LogP) is -0.378. The lowest BCUT2D eigenvalue weighted by molar-refractivity contribution is 0.712. The average Bonchev–Trinajstić information content (AvgIpc) is 2.03. The summed E-state index contributed by atoms with van der Waals surface area (Å²) in [4.78, 5) is 4.02. The SMILES string of the molecule is NC[C@H](N)c1cccc(N)n1. The van der Waals surface area contributed by atoms with Crippen LogP contribution in [0, 0.1) is 0 Å². The van der Waals surface area contributed by atoms with Crippen molar-refractivity contribution in [3.8, 4) is 0 Å². The molecule has 0 aromatic carbocycles. The van der Waals surface area contributed by atoms with Crippen LogP contribution in [0.3, 0.4) is 0 Å². The summed E-state index contributed by atoms with van der Waals surface area (Å²) in [6.07, 6.45) is 0. The summed E-state index contributed by atoms with van der Waals surface area (Å²) in [6.45, 7) is 0.385. The van der Waals surface area contributed by atoms with E-state index in [9.17, 15) is 0 Å². The first-order valence-corrected chi connectivity index (χ1v) is 3.42. The second-order valence-electron chi connectivity index (χ2n) is 2.33. The maximum atomic E-state index is 5.62. The highest BCUT2D eigenvalue weighted by Crippen LogP contribution is 2.06. The van der Waals surface area contributed by atoms with E-state index in [1.54, 1.807) is 6.07 Å². The summed E-state index contributed by atoms with van der Waals surface area (Å²) < 4.78 is 0. The Morgan fingerprint density at radius 1 is 1.45 bits per heavy atom. The molecule has 60 valence electrons. The number of pyridine rings is 1. The lowest BCUT2D eigenvalue weighted by Gasteiger charge is -2.07. The summed E-state index contributed by atoms with van der Waals surface area (Å²) >= 11 is 0. The van der Waals surface area contributed by atoms with E-state index in [-0.39, 0.29) is 6.04 Å². The van der Waals surface area contributed by atoms with E-state index in [0.29, 0.717) is 12.4 Å². The van der Waals surface area contributed by atoms with E-state index >= 15 is 0 Å². The van der Waals surface area contributed by atoms with E-state index < -0.39 is 0 Å². The molecule has 0 unspecified atom stereocenters. The Hall–Kier alpha value is -1.13. The van der Waals surface area contributed by atoms with E-state index in [4.69, 9.17) is 17.2 Å². The monoisotopic (exact) mass is 152 g/mol. The predicted molar refractivity (Wildman–Crippen MR) is 44.6 cm³/mol. The molecule has 6 N–H and O–H groups in total. The van der Waals surface area contributed by atoms with E-state index in [1.807, 2.05) is 12.1 Å².